The number of rotatable bonds is 4. The molecule has 1 heterocycles. The fourth-order valence-electron chi connectivity index (χ4n) is 2.23. The van der Waals surface area contributed by atoms with E-state index in [1.54, 1.807) is 5.56 Å². The van der Waals surface area contributed by atoms with Gasteiger partial charge < -0.3 is 4.90 Å². The first-order valence-corrected chi connectivity index (χ1v) is 6.70. The molecule has 1 aromatic carbocycles. The van der Waals surface area contributed by atoms with Crippen LogP contribution in [-0.4, -0.2) is 30.8 Å². The van der Waals surface area contributed by atoms with Crippen molar-refractivity contribution >= 4 is 11.8 Å². The smallest absolute Gasteiger partial charge is 0.0108 e. The van der Waals surface area contributed by atoms with Crippen molar-refractivity contribution in [3.63, 3.8) is 0 Å². The maximum Gasteiger partial charge on any atom is 0.0108 e. The van der Waals surface area contributed by atoms with E-state index in [2.05, 4.69) is 43.1 Å². The van der Waals surface area contributed by atoms with E-state index in [4.69, 9.17) is 0 Å². The second kappa shape index (κ2) is 5.04. The van der Waals surface area contributed by atoms with Gasteiger partial charge in [-0.2, -0.15) is 0 Å². The lowest BCUT2D eigenvalue weighted by molar-refractivity contribution is 0.319. The van der Waals surface area contributed by atoms with Crippen molar-refractivity contribution in [2.75, 3.05) is 25.9 Å². The highest BCUT2D eigenvalue weighted by atomic mass is 32.2. The lowest BCUT2D eigenvalue weighted by Crippen LogP contribution is -2.25. The van der Waals surface area contributed by atoms with Crippen LogP contribution in [0.3, 0.4) is 0 Å². The second-order valence-electron chi connectivity index (χ2n) is 4.31. The Kier molecular flexibility index (Phi) is 3.71. The first-order chi connectivity index (χ1) is 7.31. The van der Waals surface area contributed by atoms with E-state index in [-0.39, 0.29) is 0 Å². The molecule has 0 aliphatic carbocycles. The molecule has 0 saturated heterocycles. The molecule has 82 valence electrons. The van der Waals surface area contributed by atoms with E-state index in [0.29, 0.717) is 0 Å². The molecule has 1 unspecified atom stereocenters. The normalized spacial score (nSPS) is 19.5. The van der Waals surface area contributed by atoms with E-state index in [0.717, 1.165) is 5.92 Å². The average Bonchev–Trinajstić information content (AvgIpc) is 2.62. The van der Waals surface area contributed by atoms with E-state index < -0.39 is 0 Å². The van der Waals surface area contributed by atoms with Crippen LogP contribution in [0.15, 0.2) is 29.2 Å². The Balaban J connectivity index is 2.01. The molecule has 15 heavy (non-hydrogen) atoms. The Morgan fingerprint density at radius 1 is 1.40 bits per heavy atom. The highest BCUT2D eigenvalue weighted by molar-refractivity contribution is 7.99. The summed E-state index contributed by atoms with van der Waals surface area (Å²) >= 11 is 2.01. The fourth-order valence-corrected chi connectivity index (χ4v) is 3.47. The van der Waals surface area contributed by atoms with Crippen molar-refractivity contribution in [3.8, 4) is 0 Å². The molecule has 0 radical (unpaired) electrons. The molecule has 2 rings (SSSR count). The Bertz CT molecular complexity index is 324. The quantitative estimate of drug-likeness (QED) is 0.768. The van der Waals surface area contributed by atoms with E-state index in [1.807, 2.05) is 11.8 Å². The zero-order valence-corrected chi connectivity index (χ0v) is 10.4. The standard InChI is InChI=1S/C13H19NS/c1-3-8-14(2)9-11-10-15-13-7-5-4-6-12(11)13/h4-7,11H,3,8-10H2,1-2H3. The SMILES string of the molecule is CCCN(C)CC1CSc2ccccc21. The minimum atomic E-state index is 0.739. The Labute approximate surface area is 96.9 Å². The fraction of sp³-hybridized carbons (Fsp3) is 0.538. The minimum Gasteiger partial charge on any atom is -0.306 e. The van der Waals surface area contributed by atoms with Crippen LogP contribution in [0.4, 0.5) is 0 Å². The van der Waals surface area contributed by atoms with Gasteiger partial charge in [0, 0.05) is 23.1 Å². The molecule has 0 bridgehead atoms. The number of fused-ring (bicyclic) bond motifs is 1. The van der Waals surface area contributed by atoms with Crippen molar-refractivity contribution in [3.05, 3.63) is 29.8 Å². The maximum absolute atomic E-state index is 2.45. The molecule has 0 saturated carbocycles. The molecule has 0 amide bonds. The van der Waals surface area contributed by atoms with Gasteiger partial charge >= 0.3 is 0 Å². The summed E-state index contributed by atoms with van der Waals surface area (Å²) in [7, 11) is 2.23. The van der Waals surface area contributed by atoms with Gasteiger partial charge in [0.15, 0.2) is 0 Å². The topological polar surface area (TPSA) is 3.24 Å². The number of thioether (sulfide) groups is 1. The van der Waals surface area contributed by atoms with Crippen molar-refractivity contribution in [2.45, 2.75) is 24.2 Å². The monoisotopic (exact) mass is 221 g/mol. The first-order valence-electron chi connectivity index (χ1n) is 5.71. The molecule has 1 aliphatic heterocycles. The number of hydrogen-bond donors (Lipinski definition) is 0. The molecule has 2 heteroatoms. The van der Waals surface area contributed by atoms with Gasteiger partial charge in [-0.25, -0.2) is 0 Å². The van der Waals surface area contributed by atoms with Crippen LogP contribution >= 0.6 is 11.8 Å². The van der Waals surface area contributed by atoms with Gasteiger partial charge in [-0.05, 0) is 31.6 Å². The summed E-state index contributed by atoms with van der Waals surface area (Å²) in [6, 6.07) is 8.85. The van der Waals surface area contributed by atoms with Crippen LogP contribution in [-0.2, 0) is 0 Å². The molecule has 1 nitrogen and oxygen atoms in total. The molecule has 1 aromatic rings. The van der Waals surface area contributed by atoms with Gasteiger partial charge in [0.05, 0.1) is 0 Å². The third-order valence-corrected chi connectivity index (χ3v) is 4.19. The number of nitrogens with zero attached hydrogens (tertiary/aromatic N) is 1. The van der Waals surface area contributed by atoms with Crippen LogP contribution in [0.1, 0.15) is 24.8 Å². The van der Waals surface area contributed by atoms with Gasteiger partial charge in [0.1, 0.15) is 0 Å². The number of likely N-dealkylation sites (N-methyl/N-ethyl adjacent to an activating group) is 1. The van der Waals surface area contributed by atoms with E-state index in [1.165, 1.54) is 30.2 Å². The highest BCUT2D eigenvalue weighted by Crippen LogP contribution is 2.39. The van der Waals surface area contributed by atoms with E-state index >= 15 is 0 Å². The second-order valence-corrected chi connectivity index (χ2v) is 5.37. The Morgan fingerprint density at radius 3 is 3.00 bits per heavy atom. The predicted molar refractivity (Wildman–Crippen MR) is 67.7 cm³/mol. The Morgan fingerprint density at radius 2 is 2.20 bits per heavy atom. The lowest BCUT2D eigenvalue weighted by atomic mass is 10.0. The molecule has 0 spiro atoms. The summed E-state index contributed by atoms with van der Waals surface area (Å²) in [6.45, 7) is 4.66. The Hall–Kier alpha value is -0.470. The third-order valence-electron chi connectivity index (χ3n) is 2.94. The van der Waals surface area contributed by atoms with Crippen molar-refractivity contribution in [1.29, 1.82) is 0 Å². The van der Waals surface area contributed by atoms with E-state index in [9.17, 15) is 0 Å². The van der Waals surface area contributed by atoms with Crippen LogP contribution in [0.25, 0.3) is 0 Å². The lowest BCUT2D eigenvalue weighted by Gasteiger charge is -2.20. The summed E-state index contributed by atoms with van der Waals surface area (Å²) in [5, 5.41) is 0. The molecular formula is C13H19NS. The van der Waals surface area contributed by atoms with Crippen molar-refractivity contribution in [2.24, 2.45) is 0 Å². The minimum absolute atomic E-state index is 0.739. The number of hydrogen-bond acceptors (Lipinski definition) is 2. The van der Waals surface area contributed by atoms with Crippen molar-refractivity contribution in [1.82, 2.24) is 4.90 Å². The van der Waals surface area contributed by atoms with Gasteiger partial charge in [0.25, 0.3) is 0 Å². The molecule has 0 fully saturated rings. The van der Waals surface area contributed by atoms with Crippen molar-refractivity contribution < 1.29 is 0 Å². The zero-order chi connectivity index (χ0) is 10.7. The van der Waals surface area contributed by atoms with Gasteiger partial charge in [-0.15, -0.1) is 11.8 Å². The van der Waals surface area contributed by atoms with Crippen LogP contribution in [0.2, 0.25) is 0 Å². The molecule has 0 aromatic heterocycles. The van der Waals surface area contributed by atoms with Gasteiger partial charge in [0.2, 0.25) is 0 Å². The van der Waals surface area contributed by atoms with Crippen LogP contribution in [0, 0.1) is 0 Å². The average molecular weight is 221 g/mol. The third kappa shape index (κ3) is 2.56. The summed E-state index contributed by atoms with van der Waals surface area (Å²) in [6.07, 6.45) is 1.25. The molecule has 0 N–H and O–H groups in total. The molecule has 1 atom stereocenters. The molecule has 1 aliphatic rings. The zero-order valence-electron chi connectivity index (χ0n) is 9.57. The summed E-state index contributed by atoms with van der Waals surface area (Å²) in [4.78, 5) is 3.94. The first kappa shape index (κ1) is 11.0. The largest absolute Gasteiger partial charge is 0.306 e. The van der Waals surface area contributed by atoms with Crippen LogP contribution < -0.4 is 0 Å². The summed E-state index contributed by atoms with van der Waals surface area (Å²) < 4.78 is 0. The summed E-state index contributed by atoms with van der Waals surface area (Å²) in [5.41, 5.74) is 1.56. The van der Waals surface area contributed by atoms with Crippen LogP contribution in [0.5, 0.6) is 0 Å². The predicted octanol–water partition coefficient (Wildman–Crippen LogP) is 3.22. The van der Waals surface area contributed by atoms with Gasteiger partial charge in [-0.3, -0.25) is 0 Å². The number of benzene rings is 1. The molecular weight excluding hydrogens is 202 g/mol. The maximum atomic E-state index is 2.45. The van der Waals surface area contributed by atoms with Gasteiger partial charge in [-0.1, -0.05) is 25.1 Å². The highest BCUT2D eigenvalue weighted by Gasteiger charge is 2.23. The summed E-state index contributed by atoms with van der Waals surface area (Å²) in [5.74, 6) is 2.00.